The lowest BCUT2D eigenvalue weighted by Crippen LogP contribution is -1.95. The van der Waals surface area contributed by atoms with E-state index in [-0.39, 0.29) is 6.42 Å². The summed E-state index contributed by atoms with van der Waals surface area (Å²) in [5.74, 6) is -0.754. The number of carboxylic acids is 1. The van der Waals surface area contributed by atoms with Crippen molar-refractivity contribution < 1.29 is 9.90 Å². The lowest BCUT2D eigenvalue weighted by Gasteiger charge is -1.97. The fourth-order valence-electron chi connectivity index (χ4n) is 2.08. The van der Waals surface area contributed by atoms with Crippen LogP contribution in [0.25, 0.3) is 11.3 Å². The number of thiazole rings is 1. The van der Waals surface area contributed by atoms with Gasteiger partial charge in [0.15, 0.2) is 0 Å². The zero-order valence-electron chi connectivity index (χ0n) is 11.3. The summed E-state index contributed by atoms with van der Waals surface area (Å²) in [5, 5.41) is 16.0. The Morgan fingerprint density at radius 2 is 2.21 bits per heavy atom. The van der Waals surface area contributed by atoms with Crippen molar-refractivity contribution in [3.05, 3.63) is 21.8 Å². The summed E-state index contributed by atoms with van der Waals surface area (Å²) in [6.07, 6.45) is 1.54. The summed E-state index contributed by atoms with van der Waals surface area (Å²) < 4.78 is 1.86. The fourth-order valence-corrected chi connectivity index (χ4v) is 2.91. The maximum absolute atomic E-state index is 10.5. The van der Waals surface area contributed by atoms with Gasteiger partial charge in [-0.05, 0) is 26.7 Å². The number of carbonyl (C=O) groups is 1. The Labute approximate surface area is 115 Å². The van der Waals surface area contributed by atoms with Crippen molar-refractivity contribution in [1.82, 2.24) is 14.8 Å². The van der Waals surface area contributed by atoms with Crippen LogP contribution in [0, 0.1) is 13.8 Å². The second-order valence-corrected chi connectivity index (χ2v) is 5.49. The Morgan fingerprint density at radius 1 is 1.47 bits per heavy atom. The van der Waals surface area contributed by atoms with E-state index in [4.69, 9.17) is 5.11 Å². The zero-order valence-corrected chi connectivity index (χ0v) is 12.1. The van der Waals surface area contributed by atoms with Crippen molar-refractivity contribution in [2.24, 2.45) is 7.05 Å². The molecule has 0 saturated carbocycles. The molecule has 102 valence electrons. The highest BCUT2D eigenvalue weighted by Crippen LogP contribution is 2.28. The van der Waals surface area contributed by atoms with Gasteiger partial charge in [0.25, 0.3) is 0 Å². The van der Waals surface area contributed by atoms with Crippen LogP contribution in [0.2, 0.25) is 0 Å². The quantitative estimate of drug-likeness (QED) is 0.913. The second-order valence-electron chi connectivity index (χ2n) is 4.54. The van der Waals surface area contributed by atoms with Gasteiger partial charge in [-0.1, -0.05) is 0 Å². The molecule has 2 aromatic rings. The van der Waals surface area contributed by atoms with Crippen molar-refractivity contribution in [3.8, 4) is 11.3 Å². The Hall–Kier alpha value is -1.69. The van der Waals surface area contributed by atoms with E-state index < -0.39 is 5.97 Å². The topological polar surface area (TPSA) is 68.0 Å². The van der Waals surface area contributed by atoms with Crippen LogP contribution in [0.5, 0.6) is 0 Å². The van der Waals surface area contributed by atoms with E-state index in [0.29, 0.717) is 6.42 Å². The molecule has 5 nitrogen and oxygen atoms in total. The van der Waals surface area contributed by atoms with E-state index in [2.05, 4.69) is 10.1 Å². The number of carboxylic acid groups (broad SMARTS) is 1. The summed E-state index contributed by atoms with van der Waals surface area (Å²) >= 11 is 1.58. The number of aryl methyl sites for hydroxylation is 3. The van der Waals surface area contributed by atoms with E-state index in [9.17, 15) is 4.79 Å². The molecular formula is C13H17N3O2S. The summed E-state index contributed by atoms with van der Waals surface area (Å²) in [6.45, 7) is 4.00. The predicted octanol–water partition coefficient (Wildman–Crippen LogP) is 2.57. The smallest absolute Gasteiger partial charge is 0.303 e. The third-order valence-corrected chi connectivity index (χ3v) is 4.01. The van der Waals surface area contributed by atoms with Crippen LogP contribution in [0.3, 0.4) is 0 Å². The fraction of sp³-hybridized carbons (Fsp3) is 0.462. The molecule has 0 fully saturated rings. The molecule has 0 atom stereocenters. The molecule has 2 aromatic heterocycles. The van der Waals surface area contributed by atoms with Crippen LogP contribution >= 0.6 is 11.3 Å². The van der Waals surface area contributed by atoms with Gasteiger partial charge < -0.3 is 5.11 Å². The first-order valence-corrected chi connectivity index (χ1v) is 7.03. The predicted molar refractivity (Wildman–Crippen MR) is 74.4 cm³/mol. The minimum absolute atomic E-state index is 0.194. The maximum atomic E-state index is 10.5. The summed E-state index contributed by atoms with van der Waals surface area (Å²) in [4.78, 5) is 15.1. The second kappa shape index (κ2) is 5.52. The van der Waals surface area contributed by atoms with Crippen molar-refractivity contribution in [1.29, 1.82) is 0 Å². The third kappa shape index (κ3) is 3.01. The maximum Gasteiger partial charge on any atom is 0.303 e. The van der Waals surface area contributed by atoms with Crippen LogP contribution < -0.4 is 0 Å². The molecule has 2 rings (SSSR count). The van der Waals surface area contributed by atoms with Gasteiger partial charge in [0.1, 0.15) is 0 Å². The SMILES string of the molecule is Cc1nn(C)c(C)c1-c1csc(CCCC(=O)O)n1. The van der Waals surface area contributed by atoms with Crippen LogP contribution in [0.15, 0.2) is 5.38 Å². The van der Waals surface area contributed by atoms with Crippen molar-refractivity contribution in [3.63, 3.8) is 0 Å². The van der Waals surface area contributed by atoms with E-state index in [1.165, 1.54) is 0 Å². The van der Waals surface area contributed by atoms with Crippen LogP contribution in [-0.4, -0.2) is 25.8 Å². The minimum atomic E-state index is -0.754. The van der Waals surface area contributed by atoms with Gasteiger partial charge in [-0.25, -0.2) is 4.98 Å². The molecule has 1 N–H and O–H groups in total. The highest BCUT2D eigenvalue weighted by molar-refractivity contribution is 7.09. The molecule has 6 heteroatoms. The Kier molecular flexibility index (Phi) is 3.99. The van der Waals surface area contributed by atoms with Crippen molar-refractivity contribution >= 4 is 17.3 Å². The van der Waals surface area contributed by atoms with Crippen LogP contribution in [-0.2, 0) is 18.3 Å². The van der Waals surface area contributed by atoms with Gasteiger partial charge in [-0.2, -0.15) is 5.10 Å². The highest BCUT2D eigenvalue weighted by atomic mass is 32.1. The lowest BCUT2D eigenvalue weighted by atomic mass is 10.1. The first-order chi connectivity index (χ1) is 8.99. The number of hydrogen-bond acceptors (Lipinski definition) is 4. The minimum Gasteiger partial charge on any atom is -0.481 e. The number of rotatable bonds is 5. The molecule has 0 radical (unpaired) electrons. The molecule has 0 amide bonds. The van der Waals surface area contributed by atoms with E-state index >= 15 is 0 Å². The molecule has 0 aliphatic carbocycles. The summed E-state index contributed by atoms with van der Waals surface area (Å²) in [6, 6.07) is 0. The van der Waals surface area contributed by atoms with Gasteiger partial charge >= 0.3 is 5.97 Å². The highest BCUT2D eigenvalue weighted by Gasteiger charge is 2.14. The summed E-state index contributed by atoms with van der Waals surface area (Å²) in [7, 11) is 1.92. The molecule has 0 spiro atoms. The van der Waals surface area contributed by atoms with E-state index in [1.807, 2.05) is 31.0 Å². The van der Waals surface area contributed by atoms with Gasteiger partial charge in [-0.3, -0.25) is 9.48 Å². The lowest BCUT2D eigenvalue weighted by molar-refractivity contribution is -0.137. The van der Waals surface area contributed by atoms with Gasteiger partial charge in [0, 0.05) is 30.1 Å². The number of aliphatic carboxylic acids is 1. The number of aromatic nitrogens is 3. The van der Waals surface area contributed by atoms with Gasteiger partial charge in [0.05, 0.1) is 16.4 Å². The number of hydrogen-bond donors (Lipinski definition) is 1. The zero-order chi connectivity index (χ0) is 14.0. The van der Waals surface area contributed by atoms with E-state index in [1.54, 1.807) is 11.3 Å². The number of nitrogens with zero attached hydrogens (tertiary/aromatic N) is 3. The Morgan fingerprint density at radius 3 is 2.79 bits per heavy atom. The molecule has 0 bridgehead atoms. The molecule has 0 aromatic carbocycles. The average Bonchev–Trinajstić information content (AvgIpc) is 2.85. The van der Waals surface area contributed by atoms with Crippen molar-refractivity contribution in [2.75, 3.05) is 0 Å². The van der Waals surface area contributed by atoms with Gasteiger partial charge in [0.2, 0.25) is 0 Å². The van der Waals surface area contributed by atoms with Gasteiger partial charge in [-0.15, -0.1) is 11.3 Å². The molecule has 0 saturated heterocycles. The summed E-state index contributed by atoms with van der Waals surface area (Å²) in [5.41, 5.74) is 4.10. The first kappa shape index (κ1) is 13.7. The monoisotopic (exact) mass is 279 g/mol. The normalized spacial score (nSPS) is 10.9. The largest absolute Gasteiger partial charge is 0.481 e. The standard InChI is InChI=1S/C13H17N3O2S/c1-8-13(9(2)16(3)15-8)10-7-19-11(14-10)5-4-6-12(17)18/h7H,4-6H2,1-3H3,(H,17,18). The molecule has 0 unspecified atom stereocenters. The van der Waals surface area contributed by atoms with Crippen molar-refractivity contribution in [2.45, 2.75) is 33.1 Å². The first-order valence-electron chi connectivity index (χ1n) is 6.15. The molecule has 19 heavy (non-hydrogen) atoms. The molecule has 0 aliphatic heterocycles. The molecule has 0 aliphatic rings. The molecular weight excluding hydrogens is 262 g/mol. The average molecular weight is 279 g/mol. The molecule has 2 heterocycles. The third-order valence-electron chi connectivity index (χ3n) is 3.10. The van der Waals surface area contributed by atoms with E-state index in [0.717, 1.165) is 34.1 Å². The Balaban J connectivity index is 2.14. The van der Waals surface area contributed by atoms with Crippen LogP contribution in [0.1, 0.15) is 29.2 Å². The van der Waals surface area contributed by atoms with Crippen LogP contribution in [0.4, 0.5) is 0 Å². The Bertz CT molecular complexity index is 601.